The summed E-state index contributed by atoms with van der Waals surface area (Å²) in [4.78, 5) is 36.1. The minimum Gasteiger partial charge on any atom is -0.459 e. The van der Waals surface area contributed by atoms with Crippen molar-refractivity contribution in [2.75, 3.05) is 6.61 Å². The molecule has 1 fully saturated rings. The predicted molar refractivity (Wildman–Crippen MR) is 104 cm³/mol. The minimum absolute atomic E-state index is 0.0123. The molecule has 2 aromatic rings. The lowest BCUT2D eigenvalue weighted by Crippen LogP contribution is -2.53. The van der Waals surface area contributed by atoms with Crippen molar-refractivity contribution in [2.24, 2.45) is 0 Å². The third kappa shape index (κ3) is 3.96. The van der Waals surface area contributed by atoms with Crippen molar-refractivity contribution in [1.82, 2.24) is 19.5 Å². The number of terminal acetylenes is 1. The Kier molecular flexibility index (Phi) is 6.24. The zero-order valence-electron chi connectivity index (χ0n) is 17.4. The number of aromatic nitrogens is 4. The summed E-state index contributed by atoms with van der Waals surface area (Å²) in [6.45, 7) is 4.02. The number of alkyl halides is 1. The molecule has 0 radical (unpaired) electrons. The summed E-state index contributed by atoms with van der Waals surface area (Å²) < 4.78 is 32.8. The molecule has 1 N–H and O–H groups in total. The number of nitrogens with zero attached hydrogens (tertiary/aromatic N) is 4. The molecule has 0 amide bonds. The van der Waals surface area contributed by atoms with Crippen LogP contribution in [-0.2, 0) is 23.8 Å². The molecular formula is C20H23FN4O6. The van der Waals surface area contributed by atoms with Gasteiger partial charge in [0.15, 0.2) is 18.5 Å². The number of aryl methyl sites for hydroxylation is 1. The van der Waals surface area contributed by atoms with Crippen LogP contribution in [0.2, 0.25) is 0 Å². The van der Waals surface area contributed by atoms with Gasteiger partial charge in [-0.05, 0) is 13.3 Å². The van der Waals surface area contributed by atoms with E-state index in [2.05, 4.69) is 20.9 Å². The highest BCUT2D eigenvalue weighted by molar-refractivity contribution is 5.73. The number of hydrogen-bond donors (Lipinski definition) is 1. The standard InChI is InChI=1S/C20H23FN4O6/c1-5-8-14(27)30-17-19(28,7-3)18(31-20(17,21)9-29-13(26)6-2)25-11-24-15-12(4)22-10-23-16(15)25/h3,10-11,17-18,28H,5-6,8-9H2,1-2,4H3/t17-,18+,19+,20+/m0/s1. The highest BCUT2D eigenvalue weighted by atomic mass is 19.2. The molecule has 1 aliphatic rings. The number of carbonyl (C=O) groups is 2. The number of imidazole rings is 1. The van der Waals surface area contributed by atoms with Crippen molar-refractivity contribution in [2.45, 2.75) is 63.8 Å². The summed E-state index contributed by atoms with van der Waals surface area (Å²) in [5.74, 6) is -2.32. The summed E-state index contributed by atoms with van der Waals surface area (Å²) >= 11 is 0. The van der Waals surface area contributed by atoms with E-state index in [1.165, 1.54) is 24.1 Å². The van der Waals surface area contributed by atoms with E-state index in [1.807, 2.05) is 0 Å². The molecule has 1 aliphatic heterocycles. The van der Waals surface area contributed by atoms with Crippen LogP contribution in [0.4, 0.5) is 4.39 Å². The zero-order valence-corrected chi connectivity index (χ0v) is 17.4. The Labute approximate surface area is 177 Å². The first-order valence-electron chi connectivity index (χ1n) is 9.76. The van der Waals surface area contributed by atoms with Gasteiger partial charge in [-0.25, -0.2) is 19.3 Å². The monoisotopic (exact) mass is 434 g/mol. The lowest BCUT2D eigenvalue weighted by atomic mass is 9.93. The van der Waals surface area contributed by atoms with Crippen molar-refractivity contribution in [1.29, 1.82) is 0 Å². The summed E-state index contributed by atoms with van der Waals surface area (Å²) in [5.41, 5.74) is -1.30. The lowest BCUT2D eigenvalue weighted by molar-refractivity contribution is -0.224. The Morgan fingerprint density at radius 1 is 1.35 bits per heavy atom. The average molecular weight is 434 g/mol. The third-order valence-corrected chi connectivity index (χ3v) is 4.92. The second kappa shape index (κ2) is 8.56. The summed E-state index contributed by atoms with van der Waals surface area (Å²) in [7, 11) is 0. The molecule has 0 aromatic carbocycles. The van der Waals surface area contributed by atoms with Crippen molar-refractivity contribution in [3.63, 3.8) is 0 Å². The molecule has 10 nitrogen and oxygen atoms in total. The summed E-state index contributed by atoms with van der Waals surface area (Å²) in [5, 5.41) is 11.3. The SMILES string of the molecule is C#C[C@]1(O)[C@H](n2cnc3c(C)ncnc32)O[C@](F)(COC(=O)CC)[C@H]1OC(=O)CCC. The Morgan fingerprint density at radius 2 is 2.10 bits per heavy atom. The molecule has 3 heterocycles. The van der Waals surface area contributed by atoms with Gasteiger partial charge in [-0.1, -0.05) is 19.8 Å². The van der Waals surface area contributed by atoms with E-state index in [0.717, 1.165) is 0 Å². The zero-order chi connectivity index (χ0) is 22.8. The van der Waals surface area contributed by atoms with Crippen molar-refractivity contribution in [3.8, 4) is 12.3 Å². The number of fused-ring (bicyclic) bond motifs is 1. The van der Waals surface area contributed by atoms with Crippen LogP contribution in [-0.4, -0.2) is 60.7 Å². The van der Waals surface area contributed by atoms with Crippen molar-refractivity contribution >= 4 is 23.1 Å². The number of carbonyl (C=O) groups excluding carboxylic acids is 2. The van der Waals surface area contributed by atoms with Crippen molar-refractivity contribution in [3.05, 3.63) is 18.3 Å². The van der Waals surface area contributed by atoms with Crippen LogP contribution in [0.3, 0.4) is 0 Å². The molecule has 1 saturated heterocycles. The van der Waals surface area contributed by atoms with Crippen LogP contribution in [0.5, 0.6) is 0 Å². The van der Waals surface area contributed by atoms with E-state index in [9.17, 15) is 14.7 Å². The molecule has 4 atom stereocenters. The maximum Gasteiger partial charge on any atom is 0.306 e. The van der Waals surface area contributed by atoms with Gasteiger partial charge in [-0.15, -0.1) is 6.42 Å². The molecular weight excluding hydrogens is 411 g/mol. The maximum absolute atomic E-state index is 16.0. The number of ether oxygens (including phenoxy) is 3. The van der Waals surface area contributed by atoms with Gasteiger partial charge in [0.1, 0.15) is 11.8 Å². The third-order valence-electron chi connectivity index (χ3n) is 4.92. The number of hydrogen-bond acceptors (Lipinski definition) is 9. The molecule has 166 valence electrons. The molecule has 3 rings (SSSR count). The lowest BCUT2D eigenvalue weighted by Gasteiger charge is -2.30. The first-order valence-corrected chi connectivity index (χ1v) is 9.76. The molecule has 31 heavy (non-hydrogen) atoms. The Balaban J connectivity index is 2.07. The second-order valence-corrected chi connectivity index (χ2v) is 7.14. The van der Waals surface area contributed by atoms with E-state index in [4.69, 9.17) is 20.6 Å². The quantitative estimate of drug-likeness (QED) is 0.508. The molecule has 2 aromatic heterocycles. The second-order valence-electron chi connectivity index (χ2n) is 7.14. The summed E-state index contributed by atoms with van der Waals surface area (Å²) in [6.07, 6.45) is 4.92. The van der Waals surface area contributed by atoms with Crippen LogP contribution in [0.1, 0.15) is 45.0 Å². The van der Waals surface area contributed by atoms with Crippen LogP contribution >= 0.6 is 0 Å². The number of aliphatic hydroxyl groups is 1. The Hall–Kier alpha value is -3.10. The fraction of sp³-hybridized carbons (Fsp3) is 0.550. The first kappa shape index (κ1) is 22.6. The fourth-order valence-corrected chi connectivity index (χ4v) is 3.31. The van der Waals surface area contributed by atoms with E-state index >= 15 is 4.39 Å². The van der Waals surface area contributed by atoms with Gasteiger partial charge >= 0.3 is 11.9 Å². The van der Waals surface area contributed by atoms with E-state index in [0.29, 0.717) is 17.6 Å². The highest BCUT2D eigenvalue weighted by Gasteiger charge is 2.68. The molecule has 0 bridgehead atoms. The number of rotatable bonds is 7. The van der Waals surface area contributed by atoms with Crippen LogP contribution in [0, 0.1) is 19.3 Å². The Bertz CT molecular complexity index is 1040. The van der Waals surface area contributed by atoms with Gasteiger partial charge in [0.25, 0.3) is 5.85 Å². The normalized spacial score (nSPS) is 27.7. The topological polar surface area (TPSA) is 126 Å². The van der Waals surface area contributed by atoms with Gasteiger partial charge in [0, 0.05) is 12.8 Å². The molecule has 0 unspecified atom stereocenters. The van der Waals surface area contributed by atoms with Gasteiger partial charge in [0.05, 0.1) is 12.0 Å². The Morgan fingerprint density at radius 3 is 2.74 bits per heavy atom. The highest BCUT2D eigenvalue weighted by Crippen LogP contribution is 2.48. The largest absolute Gasteiger partial charge is 0.459 e. The van der Waals surface area contributed by atoms with E-state index in [-0.39, 0.29) is 18.5 Å². The van der Waals surface area contributed by atoms with E-state index < -0.39 is 42.3 Å². The van der Waals surface area contributed by atoms with E-state index in [1.54, 1.807) is 13.8 Å². The molecule has 0 saturated carbocycles. The smallest absolute Gasteiger partial charge is 0.306 e. The molecule has 0 aliphatic carbocycles. The van der Waals surface area contributed by atoms with Gasteiger partial charge in [-0.3, -0.25) is 14.2 Å². The fourth-order valence-electron chi connectivity index (χ4n) is 3.31. The maximum atomic E-state index is 16.0. The average Bonchev–Trinajstić information content (AvgIpc) is 3.27. The molecule has 11 heteroatoms. The van der Waals surface area contributed by atoms with Crippen LogP contribution < -0.4 is 0 Å². The first-order chi connectivity index (χ1) is 14.7. The minimum atomic E-state index is -2.92. The van der Waals surface area contributed by atoms with Crippen LogP contribution in [0.25, 0.3) is 11.2 Å². The number of halogens is 1. The number of esters is 2. The van der Waals surface area contributed by atoms with Crippen molar-refractivity contribution < 1.29 is 33.3 Å². The molecule has 0 spiro atoms. The van der Waals surface area contributed by atoms with Gasteiger partial charge in [-0.2, -0.15) is 0 Å². The van der Waals surface area contributed by atoms with Gasteiger partial charge < -0.3 is 19.3 Å². The van der Waals surface area contributed by atoms with Gasteiger partial charge in [0.2, 0.25) is 11.7 Å². The summed E-state index contributed by atoms with van der Waals surface area (Å²) in [6, 6.07) is 0. The predicted octanol–water partition coefficient (Wildman–Crippen LogP) is 1.36. The van der Waals surface area contributed by atoms with Crippen LogP contribution in [0.15, 0.2) is 12.7 Å².